The van der Waals surface area contributed by atoms with E-state index in [9.17, 15) is 4.79 Å². The number of carboxylic acids is 1. The van der Waals surface area contributed by atoms with Gasteiger partial charge in [-0.3, -0.25) is 9.20 Å². The summed E-state index contributed by atoms with van der Waals surface area (Å²) in [6, 6.07) is 0.228. The topological polar surface area (TPSA) is 83.6 Å². The van der Waals surface area contributed by atoms with E-state index in [2.05, 4.69) is 15.2 Å². The lowest BCUT2D eigenvalue weighted by Gasteiger charge is -2.28. The highest BCUT2D eigenvalue weighted by Gasteiger charge is 2.27. The summed E-state index contributed by atoms with van der Waals surface area (Å²) in [7, 11) is 0. The van der Waals surface area contributed by atoms with Crippen LogP contribution in [0.15, 0.2) is 18.7 Å². The Hall–Kier alpha value is -2.18. The van der Waals surface area contributed by atoms with Crippen LogP contribution in [0.25, 0.3) is 5.65 Å². The van der Waals surface area contributed by atoms with Crippen molar-refractivity contribution in [2.24, 2.45) is 0 Å². The van der Waals surface area contributed by atoms with E-state index >= 15 is 0 Å². The SMILES string of the molecule is O=C(O)CN(c1nccn2cnnc12)C1CCCC1. The Morgan fingerprint density at radius 1 is 1.47 bits per heavy atom. The first-order chi connectivity index (χ1) is 9.25. The second-order valence-electron chi connectivity index (χ2n) is 4.77. The third kappa shape index (κ3) is 2.23. The molecule has 1 fully saturated rings. The fourth-order valence-electron chi connectivity index (χ4n) is 2.69. The van der Waals surface area contributed by atoms with E-state index in [0.717, 1.165) is 25.7 Å². The quantitative estimate of drug-likeness (QED) is 0.882. The molecule has 19 heavy (non-hydrogen) atoms. The Balaban J connectivity index is 2.02. The lowest BCUT2D eigenvalue weighted by Crippen LogP contribution is -2.38. The molecule has 1 aliphatic rings. The van der Waals surface area contributed by atoms with Gasteiger partial charge in [-0.05, 0) is 12.8 Å². The van der Waals surface area contributed by atoms with Crippen molar-refractivity contribution >= 4 is 17.4 Å². The van der Waals surface area contributed by atoms with Crippen molar-refractivity contribution in [1.82, 2.24) is 19.6 Å². The molecular weight excluding hydrogens is 246 g/mol. The number of hydrogen-bond donors (Lipinski definition) is 1. The third-order valence-electron chi connectivity index (χ3n) is 3.54. The van der Waals surface area contributed by atoms with Crippen LogP contribution in [0.4, 0.5) is 5.82 Å². The molecule has 2 heterocycles. The molecule has 0 atom stereocenters. The number of anilines is 1. The number of carbonyl (C=O) groups is 1. The van der Waals surface area contributed by atoms with E-state index in [-0.39, 0.29) is 12.6 Å². The number of nitrogens with zero attached hydrogens (tertiary/aromatic N) is 5. The van der Waals surface area contributed by atoms with E-state index < -0.39 is 5.97 Å². The van der Waals surface area contributed by atoms with E-state index in [4.69, 9.17) is 5.11 Å². The molecule has 0 radical (unpaired) electrons. The van der Waals surface area contributed by atoms with Gasteiger partial charge in [0.25, 0.3) is 0 Å². The molecule has 1 N–H and O–H groups in total. The number of aliphatic carboxylic acids is 1. The first kappa shape index (κ1) is 11.9. The number of carboxylic acid groups (broad SMARTS) is 1. The zero-order chi connectivity index (χ0) is 13.2. The number of rotatable bonds is 4. The molecule has 0 aromatic carbocycles. The van der Waals surface area contributed by atoms with Crippen LogP contribution in [0.3, 0.4) is 0 Å². The first-order valence-electron chi connectivity index (χ1n) is 6.38. The van der Waals surface area contributed by atoms with Crippen LogP contribution < -0.4 is 4.90 Å². The van der Waals surface area contributed by atoms with Crippen molar-refractivity contribution in [1.29, 1.82) is 0 Å². The molecule has 100 valence electrons. The van der Waals surface area contributed by atoms with Gasteiger partial charge in [-0.2, -0.15) is 0 Å². The van der Waals surface area contributed by atoms with Crippen LogP contribution in [0.5, 0.6) is 0 Å². The van der Waals surface area contributed by atoms with Crippen LogP contribution in [0.2, 0.25) is 0 Å². The highest BCUT2D eigenvalue weighted by atomic mass is 16.4. The van der Waals surface area contributed by atoms with Crippen molar-refractivity contribution < 1.29 is 9.90 Å². The summed E-state index contributed by atoms with van der Waals surface area (Å²) in [6.07, 6.45) is 9.28. The summed E-state index contributed by atoms with van der Waals surface area (Å²) in [6.45, 7) is -0.0514. The van der Waals surface area contributed by atoms with E-state index in [1.165, 1.54) is 0 Å². The second-order valence-corrected chi connectivity index (χ2v) is 4.77. The van der Waals surface area contributed by atoms with Gasteiger partial charge in [-0.25, -0.2) is 4.98 Å². The summed E-state index contributed by atoms with van der Waals surface area (Å²) in [5.41, 5.74) is 0.607. The van der Waals surface area contributed by atoms with Crippen LogP contribution in [0, 0.1) is 0 Å². The Morgan fingerprint density at radius 3 is 3.00 bits per heavy atom. The smallest absolute Gasteiger partial charge is 0.323 e. The minimum atomic E-state index is -0.852. The molecule has 0 unspecified atom stereocenters. The molecule has 0 saturated heterocycles. The minimum absolute atomic E-state index is 0.0514. The average molecular weight is 261 g/mol. The Bertz CT molecular complexity index is 591. The number of fused-ring (bicyclic) bond motifs is 1. The largest absolute Gasteiger partial charge is 0.480 e. The van der Waals surface area contributed by atoms with Crippen LogP contribution >= 0.6 is 0 Å². The summed E-state index contributed by atoms with van der Waals surface area (Å²) in [5, 5.41) is 17.0. The van der Waals surface area contributed by atoms with Gasteiger partial charge in [0.05, 0.1) is 0 Å². The molecule has 1 saturated carbocycles. The van der Waals surface area contributed by atoms with Crippen LogP contribution in [-0.4, -0.2) is 43.2 Å². The van der Waals surface area contributed by atoms with Gasteiger partial charge in [0.1, 0.15) is 12.9 Å². The molecule has 0 bridgehead atoms. The summed E-state index contributed by atoms with van der Waals surface area (Å²) >= 11 is 0. The predicted octanol–water partition coefficient (Wildman–Crippen LogP) is 0.958. The highest BCUT2D eigenvalue weighted by Crippen LogP contribution is 2.28. The van der Waals surface area contributed by atoms with Gasteiger partial charge >= 0.3 is 5.97 Å². The molecule has 2 aromatic heterocycles. The van der Waals surface area contributed by atoms with E-state index in [0.29, 0.717) is 11.5 Å². The Kier molecular flexibility index (Phi) is 3.02. The highest BCUT2D eigenvalue weighted by molar-refractivity contribution is 5.76. The summed E-state index contributed by atoms with van der Waals surface area (Å²) in [5.74, 6) is -0.246. The minimum Gasteiger partial charge on any atom is -0.480 e. The average Bonchev–Trinajstić information content (AvgIpc) is 3.05. The molecule has 7 nitrogen and oxygen atoms in total. The lowest BCUT2D eigenvalue weighted by atomic mass is 10.2. The lowest BCUT2D eigenvalue weighted by molar-refractivity contribution is -0.135. The first-order valence-corrected chi connectivity index (χ1v) is 6.38. The van der Waals surface area contributed by atoms with Crippen molar-refractivity contribution in [2.75, 3.05) is 11.4 Å². The molecule has 0 amide bonds. The van der Waals surface area contributed by atoms with Gasteiger partial charge in [-0.15, -0.1) is 10.2 Å². The van der Waals surface area contributed by atoms with Gasteiger partial charge in [-0.1, -0.05) is 12.8 Å². The molecule has 0 spiro atoms. The molecule has 2 aromatic rings. The fraction of sp³-hybridized carbons (Fsp3) is 0.500. The zero-order valence-electron chi connectivity index (χ0n) is 10.4. The zero-order valence-corrected chi connectivity index (χ0v) is 10.4. The van der Waals surface area contributed by atoms with Crippen LogP contribution in [-0.2, 0) is 4.79 Å². The maximum Gasteiger partial charge on any atom is 0.323 e. The van der Waals surface area contributed by atoms with Gasteiger partial charge in [0.2, 0.25) is 5.65 Å². The molecule has 7 heteroatoms. The van der Waals surface area contributed by atoms with Crippen molar-refractivity contribution in [3.8, 4) is 0 Å². The van der Waals surface area contributed by atoms with Crippen molar-refractivity contribution in [3.63, 3.8) is 0 Å². The Morgan fingerprint density at radius 2 is 2.26 bits per heavy atom. The standard InChI is InChI=1S/C12H15N5O2/c18-10(19)7-17(9-3-1-2-4-9)11-12-15-14-8-16(12)6-5-13-11/h5-6,8-9H,1-4,7H2,(H,18,19). The van der Waals surface area contributed by atoms with Crippen LogP contribution in [0.1, 0.15) is 25.7 Å². The maximum atomic E-state index is 11.1. The van der Waals surface area contributed by atoms with Crippen molar-refractivity contribution in [2.45, 2.75) is 31.7 Å². The second kappa shape index (κ2) is 4.83. The Labute approximate surface area is 109 Å². The fourth-order valence-corrected chi connectivity index (χ4v) is 2.69. The summed E-state index contributed by atoms with van der Waals surface area (Å²) < 4.78 is 1.76. The molecule has 0 aliphatic heterocycles. The third-order valence-corrected chi connectivity index (χ3v) is 3.54. The number of hydrogen-bond acceptors (Lipinski definition) is 5. The maximum absolute atomic E-state index is 11.1. The molecule has 1 aliphatic carbocycles. The number of aromatic nitrogens is 4. The monoisotopic (exact) mass is 261 g/mol. The van der Waals surface area contributed by atoms with Gasteiger partial charge in [0, 0.05) is 18.4 Å². The van der Waals surface area contributed by atoms with Gasteiger partial charge < -0.3 is 10.0 Å². The molecular formula is C12H15N5O2. The van der Waals surface area contributed by atoms with Gasteiger partial charge in [0.15, 0.2) is 5.82 Å². The predicted molar refractivity (Wildman–Crippen MR) is 68.0 cm³/mol. The molecule has 3 rings (SSSR count). The summed E-state index contributed by atoms with van der Waals surface area (Å²) in [4.78, 5) is 17.3. The normalized spacial score (nSPS) is 16.0. The van der Waals surface area contributed by atoms with E-state index in [1.54, 1.807) is 23.1 Å². The van der Waals surface area contributed by atoms with E-state index in [1.807, 2.05) is 4.90 Å². The van der Waals surface area contributed by atoms with Crippen molar-refractivity contribution in [3.05, 3.63) is 18.7 Å².